The lowest BCUT2D eigenvalue weighted by atomic mass is 9.85. The molecular formula is C19H23N3O6S. The molecule has 2 aliphatic rings. The van der Waals surface area contributed by atoms with Gasteiger partial charge >= 0.3 is 17.8 Å². The van der Waals surface area contributed by atoms with E-state index in [9.17, 15) is 27.6 Å². The van der Waals surface area contributed by atoms with Gasteiger partial charge in [0.05, 0.1) is 4.90 Å². The molecule has 2 fully saturated rings. The summed E-state index contributed by atoms with van der Waals surface area (Å²) in [6, 6.07) is 4.50. The number of hydrogen-bond acceptors (Lipinski definition) is 6. The van der Waals surface area contributed by atoms with Crippen molar-refractivity contribution < 1.29 is 27.6 Å². The fourth-order valence-electron chi connectivity index (χ4n) is 3.78. The standard InChI is InChI=1S/C19H23N3O6S/c1-12-6-3-4-9-15(12)22-18(25)17(24)21(19(22)26)11-16(23)20-13-7-5-8-14(10-13)29(2,27)28/h5,7-8,10,12,15H,3-4,6,9,11H2,1-2H3,(H,20,23)/t12-,15+/m0/s1. The van der Waals surface area contributed by atoms with Crippen LogP contribution < -0.4 is 5.32 Å². The van der Waals surface area contributed by atoms with Gasteiger partial charge in [-0.05, 0) is 37.0 Å². The van der Waals surface area contributed by atoms with Crippen molar-refractivity contribution in [1.29, 1.82) is 0 Å². The van der Waals surface area contributed by atoms with Gasteiger partial charge in [0, 0.05) is 18.0 Å². The molecule has 156 valence electrons. The van der Waals surface area contributed by atoms with Gasteiger partial charge in [-0.15, -0.1) is 0 Å². The van der Waals surface area contributed by atoms with Gasteiger partial charge in [0.1, 0.15) is 6.54 Å². The summed E-state index contributed by atoms with van der Waals surface area (Å²) in [6.45, 7) is 1.32. The number of carbonyl (C=O) groups excluding carboxylic acids is 4. The summed E-state index contributed by atoms with van der Waals surface area (Å²) in [5.41, 5.74) is 0.209. The van der Waals surface area contributed by atoms with Gasteiger partial charge in [0.15, 0.2) is 9.84 Å². The summed E-state index contributed by atoms with van der Waals surface area (Å²) in [6.07, 6.45) is 4.44. The van der Waals surface area contributed by atoms with Crippen LogP contribution in [0.4, 0.5) is 10.5 Å². The van der Waals surface area contributed by atoms with E-state index < -0.39 is 40.1 Å². The number of nitrogens with zero attached hydrogens (tertiary/aromatic N) is 2. The Balaban J connectivity index is 1.71. The Labute approximate surface area is 169 Å². The summed E-state index contributed by atoms with van der Waals surface area (Å²) in [7, 11) is -3.45. The van der Waals surface area contributed by atoms with E-state index in [1.165, 1.54) is 24.3 Å². The van der Waals surface area contributed by atoms with Crippen LogP contribution in [-0.4, -0.2) is 60.8 Å². The minimum atomic E-state index is -3.45. The van der Waals surface area contributed by atoms with Crippen molar-refractivity contribution in [3.63, 3.8) is 0 Å². The number of anilines is 1. The fourth-order valence-corrected chi connectivity index (χ4v) is 4.45. The quantitative estimate of drug-likeness (QED) is 0.567. The molecule has 1 heterocycles. The monoisotopic (exact) mass is 421 g/mol. The van der Waals surface area contributed by atoms with Crippen molar-refractivity contribution in [2.24, 2.45) is 5.92 Å². The molecule has 1 saturated carbocycles. The normalized spacial score (nSPS) is 22.9. The highest BCUT2D eigenvalue weighted by Crippen LogP contribution is 2.31. The third-order valence-electron chi connectivity index (χ3n) is 5.33. The molecule has 5 amide bonds. The SMILES string of the molecule is C[C@H]1CCCC[C@H]1N1C(=O)C(=O)N(CC(=O)Nc2cccc(S(C)(=O)=O)c2)C1=O. The number of sulfone groups is 1. The zero-order valence-electron chi connectivity index (χ0n) is 16.3. The number of imide groups is 2. The lowest BCUT2D eigenvalue weighted by Crippen LogP contribution is -2.46. The number of benzene rings is 1. The summed E-state index contributed by atoms with van der Waals surface area (Å²) < 4.78 is 23.3. The number of amides is 5. The first-order valence-electron chi connectivity index (χ1n) is 9.38. The zero-order valence-corrected chi connectivity index (χ0v) is 17.1. The molecule has 0 spiro atoms. The molecule has 0 aromatic heterocycles. The second-order valence-corrected chi connectivity index (χ2v) is 9.54. The molecule has 29 heavy (non-hydrogen) atoms. The minimum absolute atomic E-state index is 0.0243. The highest BCUT2D eigenvalue weighted by Gasteiger charge is 2.49. The minimum Gasteiger partial charge on any atom is -0.324 e. The molecule has 0 unspecified atom stereocenters. The third kappa shape index (κ3) is 4.31. The van der Waals surface area contributed by atoms with Crippen molar-refractivity contribution in [3.8, 4) is 0 Å². The smallest absolute Gasteiger partial charge is 0.324 e. The van der Waals surface area contributed by atoms with E-state index in [1.807, 2.05) is 6.92 Å². The van der Waals surface area contributed by atoms with Gasteiger partial charge in [-0.2, -0.15) is 0 Å². The van der Waals surface area contributed by atoms with Crippen molar-refractivity contribution in [3.05, 3.63) is 24.3 Å². The topological polar surface area (TPSA) is 121 Å². The number of urea groups is 1. The van der Waals surface area contributed by atoms with Gasteiger partial charge in [-0.1, -0.05) is 25.8 Å². The van der Waals surface area contributed by atoms with E-state index in [1.54, 1.807) is 0 Å². The highest BCUT2D eigenvalue weighted by molar-refractivity contribution is 7.90. The van der Waals surface area contributed by atoms with Crippen LogP contribution in [0.3, 0.4) is 0 Å². The number of rotatable bonds is 5. The summed E-state index contributed by atoms with van der Waals surface area (Å²) in [4.78, 5) is 51.4. The van der Waals surface area contributed by atoms with Crippen LogP contribution in [0.5, 0.6) is 0 Å². The van der Waals surface area contributed by atoms with E-state index >= 15 is 0 Å². The number of nitrogens with one attached hydrogen (secondary N) is 1. The number of carbonyl (C=O) groups is 4. The first kappa shape index (κ1) is 21.0. The predicted octanol–water partition coefficient (Wildman–Crippen LogP) is 1.40. The zero-order chi connectivity index (χ0) is 21.3. The van der Waals surface area contributed by atoms with Crippen LogP contribution in [0.1, 0.15) is 32.6 Å². The fraction of sp³-hybridized carbons (Fsp3) is 0.474. The molecular weight excluding hydrogens is 398 g/mol. The molecule has 10 heteroatoms. The summed E-state index contributed by atoms with van der Waals surface area (Å²) in [5, 5.41) is 2.46. The maximum Gasteiger partial charge on any atom is 0.334 e. The van der Waals surface area contributed by atoms with Crippen LogP contribution in [0.15, 0.2) is 29.2 Å². The Hall–Kier alpha value is -2.75. The Morgan fingerprint density at radius 2 is 1.83 bits per heavy atom. The Morgan fingerprint density at radius 1 is 1.14 bits per heavy atom. The molecule has 0 radical (unpaired) electrons. The average Bonchev–Trinajstić information content (AvgIpc) is 2.85. The van der Waals surface area contributed by atoms with Crippen molar-refractivity contribution >= 4 is 39.3 Å². The van der Waals surface area contributed by atoms with Crippen molar-refractivity contribution in [2.75, 3.05) is 18.1 Å². The molecule has 0 bridgehead atoms. The average molecular weight is 421 g/mol. The van der Waals surface area contributed by atoms with E-state index in [-0.39, 0.29) is 22.5 Å². The molecule has 1 aromatic rings. The van der Waals surface area contributed by atoms with Gasteiger partial charge < -0.3 is 5.32 Å². The van der Waals surface area contributed by atoms with Gasteiger partial charge in [0.2, 0.25) is 5.91 Å². The van der Waals surface area contributed by atoms with Crippen molar-refractivity contribution in [2.45, 2.75) is 43.5 Å². The lowest BCUT2D eigenvalue weighted by Gasteiger charge is -2.34. The van der Waals surface area contributed by atoms with Crippen LogP contribution in [0.2, 0.25) is 0 Å². The van der Waals surface area contributed by atoms with Gasteiger partial charge in [-0.25, -0.2) is 18.1 Å². The van der Waals surface area contributed by atoms with Gasteiger partial charge in [0.25, 0.3) is 0 Å². The van der Waals surface area contributed by atoms with Crippen LogP contribution >= 0.6 is 0 Å². The largest absolute Gasteiger partial charge is 0.334 e. The van der Waals surface area contributed by atoms with Gasteiger partial charge in [-0.3, -0.25) is 19.3 Å². The highest BCUT2D eigenvalue weighted by atomic mass is 32.2. The van der Waals surface area contributed by atoms with E-state index in [0.717, 1.165) is 30.4 Å². The first-order chi connectivity index (χ1) is 13.6. The van der Waals surface area contributed by atoms with Crippen LogP contribution in [0.25, 0.3) is 0 Å². The molecule has 1 aliphatic carbocycles. The second-order valence-electron chi connectivity index (χ2n) is 7.53. The summed E-state index contributed by atoms with van der Waals surface area (Å²) >= 11 is 0. The second kappa shape index (κ2) is 7.94. The van der Waals surface area contributed by atoms with E-state index in [2.05, 4.69) is 5.32 Å². The van der Waals surface area contributed by atoms with Crippen LogP contribution in [0, 0.1) is 5.92 Å². The molecule has 1 aromatic carbocycles. The predicted molar refractivity (Wildman–Crippen MR) is 104 cm³/mol. The summed E-state index contributed by atoms with van der Waals surface area (Å²) in [5.74, 6) is -2.53. The van der Waals surface area contributed by atoms with E-state index in [0.29, 0.717) is 11.3 Å². The molecule has 9 nitrogen and oxygen atoms in total. The molecule has 2 atom stereocenters. The maximum atomic E-state index is 12.7. The molecule has 1 N–H and O–H groups in total. The first-order valence-corrected chi connectivity index (χ1v) is 11.3. The van der Waals surface area contributed by atoms with E-state index in [4.69, 9.17) is 0 Å². The molecule has 1 saturated heterocycles. The van der Waals surface area contributed by atoms with Crippen LogP contribution in [-0.2, 0) is 24.2 Å². The Morgan fingerprint density at radius 3 is 2.48 bits per heavy atom. The maximum absolute atomic E-state index is 12.7. The third-order valence-corrected chi connectivity index (χ3v) is 6.44. The Kier molecular flexibility index (Phi) is 5.74. The van der Waals surface area contributed by atoms with Crippen molar-refractivity contribution in [1.82, 2.24) is 9.80 Å². The number of hydrogen-bond donors (Lipinski definition) is 1. The molecule has 3 rings (SSSR count). The molecule has 1 aliphatic heterocycles. The lowest BCUT2D eigenvalue weighted by molar-refractivity contribution is -0.145. The Bertz CT molecular complexity index is 974.